The molecule has 1 saturated heterocycles. The molecule has 1 aromatic rings. The molecule has 0 saturated carbocycles. The number of hydrogen-bond acceptors (Lipinski definition) is 3. The normalized spacial score (nSPS) is 20.4. The van der Waals surface area contributed by atoms with Crippen molar-refractivity contribution in [1.29, 1.82) is 0 Å². The lowest BCUT2D eigenvalue weighted by Crippen LogP contribution is -2.44. The number of rotatable bonds is 2. The maximum Gasteiger partial charge on any atom is 0.317 e. The molecule has 1 aromatic heterocycles. The van der Waals surface area contributed by atoms with Gasteiger partial charge >= 0.3 is 6.03 Å². The van der Waals surface area contributed by atoms with E-state index in [4.69, 9.17) is 0 Å². The highest BCUT2D eigenvalue weighted by Gasteiger charge is 2.20. The molecule has 1 fully saturated rings. The Morgan fingerprint density at radius 1 is 1.65 bits per heavy atom. The predicted octanol–water partition coefficient (Wildman–Crippen LogP) is 0.757. The molecule has 0 bridgehead atoms. The quantitative estimate of drug-likeness (QED) is 0.826. The van der Waals surface area contributed by atoms with Crippen LogP contribution >= 0.6 is 0 Å². The zero-order valence-corrected chi connectivity index (χ0v) is 10.4. The van der Waals surface area contributed by atoms with Gasteiger partial charge in [-0.05, 0) is 18.8 Å². The summed E-state index contributed by atoms with van der Waals surface area (Å²) in [6.45, 7) is 4.28. The van der Waals surface area contributed by atoms with Crippen LogP contribution in [0.4, 0.5) is 4.79 Å². The van der Waals surface area contributed by atoms with Gasteiger partial charge in [0.15, 0.2) is 5.82 Å². The lowest BCUT2D eigenvalue weighted by atomic mass is 10.0. The molecule has 2 amide bonds. The van der Waals surface area contributed by atoms with Crippen LogP contribution in [-0.2, 0) is 13.6 Å². The van der Waals surface area contributed by atoms with Gasteiger partial charge in [0, 0.05) is 20.1 Å². The van der Waals surface area contributed by atoms with Gasteiger partial charge in [-0.2, -0.15) is 5.10 Å². The number of hydrogen-bond donors (Lipinski definition) is 1. The minimum Gasteiger partial charge on any atom is -0.331 e. The number of nitrogens with zero attached hydrogens (tertiary/aromatic N) is 4. The molecule has 1 unspecified atom stereocenters. The third-order valence-corrected chi connectivity index (χ3v) is 2.99. The highest BCUT2D eigenvalue weighted by atomic mass is 16.2. The second kappa shape index (κ2) is 5.16. The molecule has 0 radical (unpaired) electrons. The van der Waals surface area contributed by atoms with Crippen molar-refractivity contribution in [1.82, 2.24) is 25.0 Å². The Kier molecular flexibility index (Phi) is 3.61. The molecule has 2 rings (SSSR count). The van der Waals surface area contributed by atoms with Crippen LogP contribution < -0.4 is 5.32 Å². The fourth-order valence-electron chi connectivity index (χ4n) is 2.11. The summed E-state index contributed by atoms with van der Waals surface area (Å²) in [5.41, 5.74) is 0. The van der Waals surface area contributed by atoms with Crippen LogP contribution in [0.1, 0.15) is 25.6 Å². The summed E-state index contributed by atoms with van der Waals surface area (Å²) in [5.74, 6) is 1.24. The van der Waals surface area contributed by atoms with Gasteiger partial charge in [-0.1, -0.05) is 6.92 Å². The number of nitrogens with one attached hydrogen (secondary N) is 1. The Labute approximate surface area is 101 Å². The van der Waals surface area contributed by atoms with Crippen LogP contribution in [0.2, 0.25) is 0 Å². The van der Waals surface area contributed by atoms with Gasteiger partial charge in [0.05, 0.1) is 6.54 Å². The first-order valence-corrected chi connectivity index (χ1v) is 6.02. The SMILES string of the molecule is CC1CCCN(C(=O)NCc2ncn(C)n2)C1. The molecule has 1 atom stereocenters. The van der Waals surface area contributed by atoms with Crippen molar-refractivity contribution < 1.29 is 4.79 Å². The van der Waals surface area contributed by atoms with E-state index < -0.39 is 0 Å². The van der Waals surface area contributed by atoms with Crippen molar-refractivity contribution in [3.63, 3.8) is 0 Å². The number of carbonyl (C=O) groups excluding carboxylic acids is 1. The minimum absolute atomic E-state index is 0.0102. The van der Waals surface area contributed by atoms with E-state index in [2.05, 4.69) is 22.3 Å². The smallest absolute Gasteiger partial charge is 0.317 e. The van der Waals surface area contributed by atoms with E-state index in [9.17, 15) is 4.79 Å². The molecular weight excluding hydrogens is 218 g/mol. The summed E-state index contributed by atoms with van der Waals surface area (Å²) in [5, 5.41) is 6.97. The maximum absolute atomic E-state index is 11.9. The number of amides is 2. The van der Waals surface area contributed by atoms with E-state index in [1.54, 1.807) is 11.0 Å². The first-order valence-electron chi connectivity index (χ1n) is 6.02. The van der Waals surface area contributed by atoms with E-state index in [0.29, 0.717) is 18.3 Å². The number of aromatic nitrogens is 3. The van der Waals surface area contributed by atoms with Crippen LogP contribution in [0.3, 0.4) is 0 Å². The van der Waals surface area contributed by atoms with E-state index in [1.165, 1.54) is 6.42 Å². The zero-order valence-electron chi connectivity index (χ0n) is 10.4. The van der Waals surface area contributed by atoms with E-state index in [1.807, 2.05) is 11.9 Å². The van der Waals surface area contributed by atoms with Gasteiger partial charge < -0.3 is 10.2 Å². The van der Waals surface area contributed by atoms with Gasteiger partial charge in [0.2, 0.25) is 0 Å². The summed E-state index contributed by atoms with van der Waals surface area (Å²) in [6, 6.07) is -0.0102. The summed E-state index contributed by atoms with van der Waals surface area (Å²) in [4.78, 5) is 17.8. The molecule has 1 aliphatic heterocycles. The molecule has 6 heteroatoms. The summed E-state index contributed by atoms with van der Waals surface area (Å²) >= 11 is 0. The molecule has 17 heavy (non-hydrogen) atoms. The second-order valence-electron chi connectivity index (χ2n) is 4.69. The molecular formula is C11H19N5O. The van der Waals surface area contributed by atoms with E-state index in [-0.39, 0.29) is 6.03 Å². The Morgan fingerprint density at radius 2 is 2.47 bits per heavy atom. The van der Waals surface area contributed by atoms with Crippen molar-refractivity contribution in [3.8, 4) is 0 Å². The molecule has 1 aliphatic rings. The number of carbonyl (C=O) groups is 1. The monoisotopic (exact) mass is 237 g/mol. The first kappa shape index (κ1) is 11.9. The van der Waals surface area contributed by atoms with Crippen LogP contribution in [0.15, 0.2) is 6.33 Å². The van der Waals surface area contributed by atoms with E-state index >= 15 is 0 Å². The van der Waals surface area contributed by atoms with Gasteiger partial charge in [-0.3, -0.25) is 4.68 Å². The number of aryl methyl sites for hydroxylation is 1. The summed E-state index contributed by atoms with van der Waals surface area (Å²) in [6.07, 6.45) is 3.94. The van der Waals surface area contributed by atoms with Crippen LogP contribution in [0.5, 0.6) is 0 Å². The second-order valence-corrected chi connectivity index (χ2v) is 4.69. The number of urea groups is 1. The molecule has 2 heterocycles. The molecule has 94 valence electrons. The molecule has 0 aliphatic carbocycles. The molecule has 0 aromatic carbocycles. The number of piperidine rings is 1. The molecule has 1 N–H and O–H groups in total. The van der Waals surface area contributed by atoms with E-state index in [0.717, 1.165) is 19.5 Å². The zero-order chi connectivity index (χ0) is 12.3. The Hall–Kier alpha value is -1.59. The van der Waals surface area contributed by atoms with Crippen molar-refractivity contribution in [2.24, 2.45) is 13.0 Å². The fourth-order valence-corrected chi connectivity index (χ4v) is 2.11. The topological polar surface area (TPSA) is 63.1 Å². The molecule has 6 nitrogen and oxygen atoms in total. The third kappa shape index (κ3) is 3.18. The first-order chi connectivity index (χ1) is 8.15. The van der Waals surface area contributed by atoms with Crippen molar-refractivity contribution in [2.75, 3.05) is 13.1 Å². The summed E-state index contributed by atoms with van der Waals surface area (Å²) < 4.78 is 1.63. The highest BCUT2D eigenvalue weighted by Crippen LogP contribution is 2.15. The maximum atomic E-state index is 11.9. The fraction of sp³-hybridized carbons (Fsp3) is 0.727. The van der Waals surface area contributed by atoms with Crippen molar-refractivity contribution in [3.05, 3.63) is 12.2 Å². The summed E-state index contributed by atoms with van der Waals surface area (Å²) in [7, 11) is 1.81. The van der Waals surface area contributed by atoms with Crippen LogP contribution in [0.25, 0.3) is 0 Å². The predicted molar refractivity (Wildman–Crippen MR) is 63.2 cm³/mol. The van der Waals surface area contributed by atoms with Crippen LogP contribution in [-0.4, -0.2) is 38.8 Å². The van der Waals surface area contributed by atoms with Gasteiger partial charge in [0.1, 0.15) is 6.33 Å². The number of likely N-dealkylation sites (tertiary alicyclic amines) is 1. The van der Waals surface area contributed by atoms with Gasteiger partial charge in [0.25, 0.3) is 0 Å². The molecule has 0 spiro atoms. The Bertz CT molecular complexity index is 389. The average molecular weight is 237 g/mol. The minimum atomic E-state index is -0.0102. The lowest BCUT2D eigenvalue weighted by molar-refractivity contribution is 0.169. The standard InChI is InChI=1S/C11H19N5O/c1-9-4-3-5-16(7-9)11(17)12-6-10-13-8-15(2)14-10/h8-9H,3-7H2,1-2H3,(H,12,17). The van der Waals surface area contributed by atoms with Gasteiger partial charge in [-0.25, -0.2) is 9.78 Å². The third-order valence-electron chi connectivity index (χ3n) is 2.99. The Morgan fingerprint density at radius 3 is 3.12 bits per heavy atom. The Balaban J connectivity index is 1.80. The van der Waals surface area contributed by atoms with Crippen LogP contribution in [0, 0.1) is 5.92 Å². The highest BCUT2D eigenvalue weighted by molar-refractivity contribution is 5.74. The largest absolute Gasteiger partial charge is 0.331 e. The average Bonchev–Trinajstić information content (AvgIpc) is 2.72. The van der Waals surface area contributed by atoms with Crippen molar-refractivity contribution >= 4 is 6.03 Å². The van der Waals surface area contributed by atoms with Gasteiger partial charge in [-0.15, -0.1) is 0 Å². The van der Waals surface area contributed by atoms with Crippen molar-refractivity contribution in [2.45, 2.75) is 26.3 Å². The lowest BCUT2D eigenvalue weighted by Gasteiger charge is -2.30.